The van der Waals surface area contributed by atoms with Crippen LogP contribution in [0.1, 0.15) is 31.7 Å². The highest BCUT2D eigenvalue weighted by Gasteiger charge is 2.18. The van der Waals surface area contributed by atoms with E-state index in [1.807, 2.05) is 20.8 Å². The third kappa shape index (κ3) is 4.37. The quantitative estimate of drug-likeness (QED) is 0.749. The van der Waals surface area contributed by atoms with Crippen LogP contribution in [0.4, 0.5) is 10.8 Å². The molecule has 18 heavy (non-hydrogen) atoms. The minimum absolute atomic E-state index is 0.106. The highest BCUT2D eigenvalue weighted by Crippen LogP contribution is 2.18. The van der Waals surface area contributed by atoms with Crippen molar-refractivity contribution >= 4 is 12.0 Å². The average Bonchev–Trinajstić information content (AvgIpc) is 2.55. The van der Waals surface area contributed by atoms with Crippen molar-refractivity contribution in [3.05, 3.63) is 11.5 Å². The summed E-state index contributed by atoms with van der Waals surface area (Å²) in [4.78, 5) is 15.7. The molecule has 0 saturated carbocycles. The van der Waals surface area contributed by atoms with Crippen LogP contribution in [0, 0.1) is 19.3 Å². The number of aromatic nitrogens is 1. The third-order valence-corrected chi connectivity index (χ3v) is 2.77. The van der Waals surface area contributed by atoms with Gasteiger partial charge in [-0.3, -0.25) is 5.32 Å². The topological polar surface area (TPSA) is 87.4 Å². The van der Waals surface area contributed by atoms with Crippen LogP contribution in [-0.2, 0) is 0 Å². The van der Waals surface area contributed by atoms with E-state index in [0.29, 0.717) is 18.7 Å². The van der Waals surface area contributed by atoms with Crippen LogP contribution >= 0.6 is 0 Å². The molecule has 3 N–H and O–H groups in total. The molecule has 1 rings (SSSR count). The third-order valence-electron chi connectivity index (χ3n) is 2.77. The number of carbonyl (C=O) groups excluding carboxylic acids is 1. The summed E-state index contributed by atoms with van der Waals surface area (Å²) in [6.45, 7) is 8.13. The van der Waals surface area contributed by atoms with Gasteiger partial charge in [-0.05, 0) is 25.7 Å². The molecule has 0 aromatic carbocycles. The summed E-state index contributed by atoms with van der Waals surface area (Å²) in [5.74, 6) is 0.686. The smallest absolute Gasteiger partial charge is 0.322 e. The van der Waals surface area contributed by atoms with Crippen molar-refractivity contribution < 1.29 is 14.3 Å². The Kier molecular flexibility index (Phi) is 4.72. The molecule has 6 heteroatoms. The van der Waals surface area contributed by atoms with Crippen molar-refractivity contribution in [3.63, 3.8) is 0 Å². The zero-order valence-corrected chi connectivity index (χ0v) is 11.3. The molecule has 0 atom stereocenters. The molecule has 1 heterocycles. The molecule has 0 bridgehead atoms. The molecular formula is C12H21N3O3. The number of nitrogens with zero attached hydrogens (tertiary/aromatic N) is 1. The Morgan fingerprint density at radius 1 is 1.44 bits per heavy atom. The van der Waals surface area contributed by atoms with Crippen molar-refractivity contribution in [2.75, 3.05) is 18.5 Å². The van der Waals surface area contributed by atoms with Gasteiger partial charge in [-0.2, -0.15) is 4.98 Å². The lowest BCUT2D eigenvalue weighted by Gasteiger charge is -2.23. The summed E-state index contributed by atoms with van der Waals surface area (Å²) >= 11 is 0. The molecule has 0 aliphatic heterocycles. The molecule has 102 valence electrons. The van der Waals surface area contributed by atoms with Gasteiger partial charge in [-0.15, -0.1) is 0 Å². The normalized spacial score (nSPS) is 11.4. The molecule has 0 spiro atoms. The maximum atomic E-state index is 11.6. The van der Waals surface area contributed by atoms with E-state index in [9.17, 15) is 4.79 Å². The second-order valence-electron chi connectivity index (χ2n) is 5.11. The van der Waals surface area contributed by atoms with Gasteiger partial charge in [0.15, 0.2) is 0 Å². The van der Waals surface area contributed by atoms with E-state index in [2.05, 4.69) is 15.6 Å². The molecule has 2 amide bonds. The zero-order chi connectivity index (χ0) is 13.8. The molecule has 1 aromatic heterocycles. The summed E-state index contributed by atoms with van der Waals surface area (Å²) in [7, 11) is 0. The lowest BCUT2D eigenvalue weighted by molar-refractivity contribution is 0.204. The van der Waals surface area contributed by atoms with Crippen molar-refractivity contribution in [1.82, 2.24) is 10.3 Å². The first-order valence-corrected chi connectivity index (χ1v) is 5.94. The van der Waals surface area contributed by atoms with Gasteiger partial charge in [0.1, 0.15) is 5.76 Å². The van der Waals surface area contributed by atoms with Gasteiger partial charge >= 0.3 is 12.0 Å². The molecular weight excluding hydrogens is 234 g/mol. The highest BCUT2D eigenvalue weighted by molar-refractivity contribution is 5.86. The Morgan fingerprint density at radius 3 is 2.61 bits per heavy atom. The maximum Gasteiger partial charge on any atom is 0.322 e. The number of aryl methyl sites for hydroxylation is 2. The van der Waals surface area contributed by atoms with Crippen molar-refractivity contribution in [3.8, 4) is 0 Å². The minimum atomic E-state index is -0.359. The molecule has 0 aliphatic carbocycles. The lowest BCUT2D eigenvalue weighted by atomic mass is 9.90. The van der Waals surface area contributed by atoms with Crippen LogP contribution in [-0.4, -0.2) is 29.3 Å². The van der Waals surface area contributed by atoms with Crippen LogP contribution in [0.25, 0.3) is 0 Å². The summed E-state index contributed by atoms with van der Waals surface area (Å²) < 4.78 is 5.24. The number of carbonyl (C=O) groups is 1. The Bertz CT molecular complexity index is 393. The van der Waals surface area contributed by atoms with Gasteiger partial charge in [0.25, 0.3) is 0 Å². The second kappa shape index (κ2) is 5.86. The van der Waals surface area contributed by atoms with E-state index in [0.717, 1.165) is 5.69 Å². The monoisotopic (exact) mass is 255 g/mol. The molecule has 0 saturated heterocycles. The van der Waals surface area contributed by atoms with E-state index in [1.54, 1.807) is 6.92 Å². The number of amides is 2. The minimum Gasteiger partial charge on any atom is -0.428 e. The number of oxazole rings is 1. The fourth-order valence-electron chi connectivity index (χ4n) is 1.38. The molecule has 0 fully saturated rings. The predicted octanol–water partition coefficient (Wildman–Crippen LogP) is 1.82. The van der Waals surface area contributed by atoms with Crippen LogP contribution in [0.2, 0.25) is 0 Å². The fourth-order valence-corrected chi connectivity index (χ4v) is 1.38. The number of hydrogen-bond acceptors (Lipinski definition) is 4. The van der Waals surface area contributed by atoms with Crippen LogP contribution in [0.3, 0.4) is 0 Å². The van der Waals surface area contributed by atoms with E-state index >= 15 is 0 Å². The van der Waals surface area contributed by atoms with Crippen molar-refractivity contribution in [2.45, 2.75) is 34.1 Å². The number of aliphatic hydroxyl groups excluding tert-OH is 1. The standard InChI is InChI=1S/C12H21N3O3/c1-8-9(2)18-11(14-8)15-10(17)13-7-12(3,4)5-6-16/h16H,5-7H2,1-4H3,(H2,13,14,15,17). The Hall–Kier alpha value is -1.56. The van der Waals surface area contributed by atoms with E-state index in [4.69, 9.17) is 9.52 Å². The highest BCUT2D eigenvalue weighted by atomic mass is 16.4. The van der Waals surface area contributed by atoms with Crippen LogP contribution in [0.5, 0.6) is 0 Å². The molecule has 1 aromatic rings. The summed E-state index contributed by atoms with van der Waals surface area (Å²) in [6, 6.07) is -0.162. The van der Waals surface area contributed by atoms with Crippen LogP contribution in [0.15, 0.2) is 4.42 Å². The van der Waals surface area contributed by atoms with Crippen molar-refractivity contribution in [2.24, 2.45) is 5.41 Å². The molecule has 0 radical (unpaired) electrons. The van der Waals surface area contributed by atoms with Gasteiger partial charge in [-0.25, -0.2) is 4.79 Å². The largest absolute Gasteiger partial charge is 0.428 e. The predicted molar refractivity (Wildman–Crippen MR) is 68.5 cm³/mol. The average molecular weight is 255 g/mol. The second-order valence-corrected chi connectivity index (χ2v) is 5.11. The first kappa shape index (κ1) is 14.5. The van der Waals surface area contributed by atoms with Crippen LogP contribution < -0.4 is 10.6 Å². The number of hydrogen-bond donors (Lipinski definition) is 3. The number of urea groups is 1. The van der Waals surface area contributed by atoms with Gasteiger partial charge in [-0.1, -0.05) is 13.8 Å². The molecule has 0 aliphatic rings. The van der Waals surface area contributed by atoms with E-state index < -0.39 is 0 Å². The van der Waals surface area contributed by atoms with E-state index in [1.165, 1.54) is 0 Å². The molecule has 0 unspecified atom stereocenters. The summed E-state index contributed by atoms with van der Waals surface area (Å²) in [5.41, 5.74) is 0.611. The van der Waals surface area contributed by atoms with Gasteiger partial charge in [0, 0.05) is 13.2 Å². The van der Waals surface area contributed by atoms with Crippen molar-refractivity contribution in [1.29, 1.82) is 0 Å². The number of anilines is 1. The summed E-state index contributed by atoms with van der Waals surface area (Å²) in [5, 5.41) is 14.1. The van der Waals surface area contributed by atoms with Gasteiger partial charge < -0.3 is 14.8 Å². The first-order valence-electron chi connectivity index (χ1n) is 5.94. The lowest BCUT2D eigenvalue weighted by Crippen LogP contribution is -2.37. The Morgan fingerprint density at radius 2 is 2.11 bits per heavy atom. The SMILES string of the molecule is Cc1nc(NC(=O)NCC(C)(C)CCO)oc1C. The van der Waals surface area contributed by atoms with Gasteiger partial charge in [0.05, 0.1) is 5.69 Å². The first-order chi connectivity index (χ1) is 8.34. The number of aliphatic hydroxyl groups is 1. The Balaban J connectivity index is 2.43. The number of rotatable bonds is 5. The maximum absolute atomic E-state index is 11.6. The van der Waals surface area contributed by atoms with E-state index in [-0.39, 0.29) is 24.1 Å². The zero-order valence-electron chi connectivity index (χ0n) is 11.3. The Labute approximate surface area is 107 Å². The summed E-state index contributed by atoms with van der Waals surface area (Å²) in [6.07, 6.45) is 0.629. The fraction of sp³-hybridized carbons (Fsp3) is 0.667. The molecule has 6 nitrogen and oxygen atoms in total. The number of nitrogens with one attached hydrogen (secondary N) is 2. The van der Waals surface area contributed by atoms with Gasteiger partial charge in [0.2, 0.25) is 0 Å².